The van der Waals surface area contributed by atoms with E-state index < -0.39 is 0 Å². The number of carbonyl (C=O) groups is 1. The van der Waals surface area contributed by atoms with Crippen LogP contribution in [0.5, 0.6) is 0 Å². The quantitative estimate of drug-likeness (QED) is 0.799. The zero-order valence-corrected chi connectivity index (χ0v) is 13.4. The molecule has 0 aliphatic heterocycles. The second kappa shape index (κ2) is 8.62. The Morgan fingerprint density at radius 3 is 2.57 bits per heavy atom. The monoisotopic (exact) mass is 295 g/mol. The highest BCUT2D eigenvalue weighted by Crippen LogP contribution is 2.25. The largest absolute Gasteiger partial charge is 0.360 e. The van der Waals surface area contributed by atoms with Gasteiger partial charge in [-0.25, -0.2) is 4.39 Å². The molecule has 0 atom stereocenters. The summed E-state index contributed by atoms with van der Waals surface area (Å²) in [6, 6.07) is 5.07. The molecule has 21 heavy (non-hydrogen) atoms. The fourth-order valence-corrected chi connectivity index (χ4v) is 2.16. The van der Waals surface area contributed by atoms with Gasteiger partial charge in [-0.05, 0) is 24.6 Å². The van der Waals surface area contributed by atoms with Crippen LogP contribution >= 0.6 is 0 Å². The van der Waals surface area contributed by atoms with Gasteiger partial charge in [0.25, 0.3) is 0 Å². The molecule has 0 unspecified atom stereocenters. The molecule has 0 radical (unpaired) electrons. The Hall–Kier alpha value is -1.62. The number of nitrogens with one attached hydrogen (secondary N) is 1. The lowest BCUT2D eigenvalue weighted by Crippen LogP contribution is -2.38. The Morgan fingerprint density at radius 2 is 2.00 bits per heavy atom. The topological polar surface area (TPSA) is 35.6 Å². The molecule has 1 amide bonds. The van der Waals surface area contributed by atoms with Gasteiger partial charge in [-0.15, -0.1) is 0 Å². The number of halogens is 1. The van der Waals surface area contributed by atoms with Crippen LogP contribution in [0, 0.1) is 5.82 Å². The van der Waals surface area contributed by atoms with E-state index in [0.29, 0.717) is 18.8 Å². The van der Waals surface area contributed by atoms with Crippen LogP contribution in [0.2, 0.25) is 0 Å². The van der Waals surface area contributed by atoms with Crippen molar-refractivity contribution < 1.29 is 9.18 Å². The molecule has 118 valence electrons. The molecule has 1 N–H and O–H groups in total. The number of anilines is 1. The van der Waals surface area contributed by atoms with Crippen molar-refractivity contribution in [1.82, 2.24) is 10.2 Å². The van der Waals surface area contributed by atoms with E-state index in [1.54, 1.807) is 20.2 Å². The first-order valence-corrected chi connectivity index (χ1v) is 7.44. The zero-order chi connectivity index (χ0) is 15.8. The molecule has 4 nitrogen and oxygen atoms in total. The second-order valence-corrected chi connectivity index (χ2v) is 5.24. The Kier molecular flexibility index (Phi) is 7.15. The van der Waals surface area contributed by atoms with Crippen molar-refractivity contribution in [1.29, 1.82) is 0 Å². The van der Waals surface area contributed by atoms with Crippen LogP contribution in [0.3, 0.4) is 0 Å². The smallest absolute Gasteiger partial charge is 0.241 e. The average molecular weight is 295 g/mol. The number of hydrogen-bond acceptors (Lipinski definition) is 3. The van der Waals surface area contributed by atoms with Crippen LogP contribution in [0.25, 0.3) is 0 Å². The number of nitrogens with zero attached hydrogens (tertiary/aromatic N) is 2. The van der Waals surface area contributed by atoms with Gasteiger partial charge in [-0.3, -0.25) is 4.79 Å². The normalized spacial score (nSPS) is 10.5. The lowest BCUT2D eigenvalue weighted by molar-refractivity contribution is -0.127. The first-order valence-electron chi connectivity index (χ1n) is 7.44. The van der Waals surface area contributed by atoms with Crippen LogP contribution in [0.15, 0.2) is 18.2 Å². The lowest BCUT2D eigenvalue weighted by atomic mass is 10.1. The van der Waals surface area contributed by atoms with Gasteiger partial charge in [0.2, 0.25) is 5.91 Å². The zero-order valence-electron chi connectivity index (χ0n) is 13.4. The molecule has 0 heterocycles. The number of rotatable bonds is 8. The molecule has 0 aliphatic carbocycles. The minimum atomic E-state index is -0.273. The molecule has 0 spiro atoms. The van der Waals surface area contributed by atoms with Crippen LogP contribution < -0.4 is 10.2 Å². The molecule has 0 fully saturated rings. The average Bonchev–Trinajstić information content (AvgIpc) is 2.44. The summed E-state index contributed by atoms with van der Waals surface area (Å²) in [4.78, 5) is 15.4. The van der Waals surface area contributed by atoms with Gasteiger partial charge < -0.3 is 15.1 Å². The highest BCUT2D eigenvalue weighted by molar-refractivity contribution is 5.81. The molecule has 0 bridgehead atoms. The Labute approximate surface area is 126 Å². The molecule has 1 rings (SSSR count). The predicted molar refractivity (Wildman–Crippen MR) is 85.0 cm³/mol. The maximum atomic E-state index is 14.3. The second-order valence-electron chi connectivity index (χ2n) is 5.24. The maximum Gasteiger partial charge on any atom is 0.241 e. The van der Waals surface area contributed by atoms with Crippen LogP contribution in [0.1, 0.15) is 25.8 Å². The van der Waals surface area contributed by atoms with E-state index in [0.717, 1.165) is 18.5 Å². The van der Waals surface area contributed by atoms with Gasteiger partial charge in [-0.2, -0.15) is 0 Å². The Morgan fingerprint density at radius 1 is 1.29 bits per heavy atom. The molecule has 0 saturated carbocycles. The summed E-state index contributed by atoms with van der Waals surface area (Å²) < 4.78 is 14.3. The van der Waals surface area contributed by atoms with E-state index in [2.05, 4.69) is 5.32 Å². The molecular formula is C16H26FN3O. The highest BCUT2D eigenvalue weighted by atomic mass is 19.1. The molecule has 0 aromatic heterocycles. The third kappa shape index (κ3) is 5.01. The molecule has 0 aliphatic rings. The van der Waals surface area contributed by atoms with Gasteiger partial charge in [0.1, 0.15) is 5.82 Å². The van der Waals surface area contributed by atoms with Crippen molar-refractivity contribution in [3.63, 3.8) is 0 Å². The van der Waals surface area contributed by atoms with Gasteiger partial charge >= 0.3 is 0 Å². The number of amides is 1. The van der Waals surface area contributed by atoms with E-state index in [1.807, 2.05) is 24.8 Å². The Bertz CT molecular complexity index is 463. The summed E-state index contributed by atoms with van der Waals surface area (Å²) in [5, 5.41) is 3.22. The fraction of sp³-hybridized carbons (Fsp3) is 0.562. The minimum Gasteiger partial charge on any atom is -0.360 e. The van der Waals surface area contributed by atoms with E-state index >= 15 is 0 Å². The van der Waals surface area contributed by atoms with Gasteiger partial charge in [-0.1, -0.05) is 26.0 Å². The molecule has 5 heteroatoms. The van der Waals surface area contributed by atoms with Crippen molar-refractivity contribution in [3.8, 4) is 0 Å². The summed E-state index contributed by atoms with van der Waals surface area (Å²) in [6.45, 7) is 6.30. The predicted octanol–water partition coefficient (Wildman–Crippen LogP) is 2.24. The summed E-state index contributed by atoms with van der Waals surface area (Å²) in [6.07, 6.45) is 0.857. The number of benzene rings is 1. The summed E-state index contributed by atoms with van der Waals surface area (Å²) in [5.74, 6) is -0.300. The van der Waals surface area contributed by atoms with Gasteiger partial charge in [0, 0.05) is 27.2 Å². The molecular weight excluding hydrogens is 269 g/mol. The third-order valence-electron chi connectivity index (χ3n) is 3.27. The maximum absolute atomic E-state index is 14.3. The minimum absolute atomic E-state index is 0.0268. The van der Waals surface area contributed by atoms with Crippen molar-refractivity contribution >= 4 is 11.6 Å². The highest BCUT2D eigenvalue weighted by Gasteiger charge is 2.18. The lowest BCUT2D eigenvalue weighted by Gasteiger charge is -2.28. The van der Waals surface area contributed by atoms with E-state index in [4.69, 9.17) is 0 Å². The SMILES string of the molecule is CCCN(CC(=O)N(C)C)c1c(F)cccc1CNCC. The summed E-state index contributed by atoms with van der Waals surface area (Å²) in [5.41, 5.74) is 1.42. The summed E-state index contributed by atoms with van der Waals surface area (Å²) >= 11 is 0. The third-order valence-corrected chi connectivity index (χ3v) is 3.27. The number of likely N-dealkylation sites (N-methyl/N-ethyl adjacent to an activating group) is 1. The standard InChI is InChI=1S/C16H26FN3O/c1-5-10-20(12-15(21)19(3)4)16-13(11-18-6-2)8-7-9-14(16)17/h7-9,18H,5-6,10-12H2,1-4H3. The number of carbonyl (C=O) groups excluding carboxylic acids is 1. The van der Waals surface area contributed by atoms with E-state index in [9.17, 15) is 9.18 Å². The first kappa shape index (κ1) is 17.4. The Balaban J connectivity index is 3.08. The van der Waals surface area contributed by atoms with Crippen molar-refractivity contribution in [3.05, 3.63) is 29.6 Å². The van der Waals surface area contributed by atoms with Crippen LogP contribution in [0.4, 0.5) is 10.1 Å². The molecule has 1 aromatic rings. The molecule has 1 aromatic carbocycles. The fourth-order valence-electron chi connectivity index (χ4n) is 2.16. The van der Waals surface area contributed by atoms with E-state index in [1.165, 1.54) is 11.0 Å². The van der Waals surface area contributed by atoms with E-state index in [-0.39, 0.29) is 18.3 Å². The van der Waals surface area contributed by atoms with Crippen LogP contribution in [-0.2, 0) is 11.3 Å². The number of hydrogen-bond donors (Lipinski definition) is 1. The summed E-state index contributed by atoms with van der Waals surface area (Å²) in [7, 11) is 3.43. The van der Waals surface area contributed by atoms with Crippen molar-refractivity contribution in [2.75, 3.05) is 38.6 Å². The van der Waals surface area contributed by atoms with Gasteiger partial charge in [0.05, 0.1) is 12.2 Å². The number of para-hydroxylation sites is 1. The van der Waals surface area contributed by atoms with Crippen molar-refractivity contribution in [2.45, 2.75) is 26.8 Å². The molecule has 0 saturated heterocycles. The van der Waals surface area contributed by atoms with Crippen LogP contribution in [-0.4, -0.2) is 44.5 Å². The van der Waals surface area contributed by atoms with Gasteiger partial charge in [0.15, 0.2) is 0 Å². The van der Waals surface area contributed by atoms with Crippen molar-refractivity contribution in [2.24, 2.45) is 0 Å². The first-order chi connectivity index (χ1) is 10.0.